The minimum absolute atomic E-state index is 0.0160. The Morgan fingerprint density at radius 3 is 2.56 bits per heavy atom. The molecular weight excluding hydrogens is 218 g/mol. The lowest BCUT2D eigenvalue weighted by molar-refractivity contribution is -0.119. The highest BCUT2D eigenvalue weighted by atomic mass is 32.1. The van der Waals surface area contributed by atoms with Gasteiger partial charge < -0.3 is 5.32 Å². The van der Waals surface area contributed by atoms with E-state index in [-0.39, 0.29) is 5.91 Å². The average molecular weight is 235 g/mol. The Bertz CT molecular complexity index is 348. The Balaban J connectivity index is 2.37. The van der Waals surface area contributed by atoms with Crippen molar-refractivity contribution in [3.05, 3.63) is 35.9 Å². The van der Waals surface area contributed by atoms with Gasteiger partial charge in [0.1, 0.15) is 4.99 Å². The highest BCUT2D eigenvalue weighted by molar-refractivity contribution is 7.80. The summed E-state index contributed by atoms with van der Waals surface area (Å²) in [6.45, 7) is 2.12. The van der Waals surface area contributed by atoms with Crippen LogP contribution in [0.15, 0.2) is 30.3 Å². The fourth-order valence-electron chi connectivity index (χ4n) is 1.39. The molecule has 1 aromatic carbocycles. The Morgan fingerprint density at radius 2 is 1.94 bits per heavy atom. The van der Waals surface area contributed by atoms with Crippen LogP contribution in [0, 0.1) is 0 Å². The second-order valence-corrected chi connectivity index (χ2v) is 4.11. The molecule has 0 spiro atoms. The third kappa shape index (κ3) is 4.53. The van der Waals surface area contributed by atoms with E-state index in [2.05, 4.69) is 12.2 Å². The molecule has 16 heavy (non-hydrogen) atoms. The number of nitrogens with one attached hydrogen (secondary N) is 1. The van der Waals surface area contributed by atoms with E-state index in [0.717, 1.165) is 24.8 Å². The van der Waals surface area contributed by atoms with Crippen LogP contribution in [-0.4, -0.2) is 10.9 Å². The molecule has 0 fully saturated rings. The van der Waals surface area contributed by atoms with E-state index in [1.807, 2.05) is 30.3 Å². The number of thiocarbonyl (C=S) groups is 1. The summed E-state index contributed by atoms with van der Waals surface area (Å²) >= 11 is 5.14. The lowest BCUT2D eigenvalue weighted by Crippen LogP contribution is -2.29. The van der Waals surface area contributed by atoms with Gasteiger partial charge in [-0.3, -0.25) is 4.79 Å². The van der Waals surface area contributed by atoms with Crippen LogP contribution >= 0.6 is 12.2 Å². The van der Waals surface area contributed by atoms with Crippen molar-refractivity contribution in [1.82, 2.24) is 5.32 Å². The molecule has 0 saturated heterocycles. The van der Waals surface area contributed by atoms with Crippen molar-refractivity contribution < 1.29 is 4.79 Å². The van der Waals surface area contributed by atoms with Gasteiger partial charge in [0.25, 0.3) is 0 Å². The lowest BCUT2D eigenvalue weighted by Gasteiger charge is -2.06. The molecule has 0 radical (unpaired) electrons. The number of amides is 1. The summed E-state index contributed by atoms with van der Waals surface area (Å²) in [6.07, 6.45) is 3.70. The van der Waals surface area contributed by atoms with Crippen LogP contribution in [-0.2, 0) is 4.79 Å². The molecule has 1 rings (SSSR count). The topological polar surface area (TPSA) is 29.1 Å². The standard InChI is InChI=1S/C13H17NOS/c1-2-3-5-10-12(15)14-13(16)11-8-6-4-7-9-11/h4,6-9H,2-3,5,10H2,1H3,(H,14,15,16). The van der Waals surface area contributed by atoms with Gasteiger partial charge in [-0.05, 0) is 6.42 Å². The third-order valence-electron chi connectivity index (χ3n) is 2.30. The molecule has 1 aromatic rings. The van der Waals surface area contributed by atoms with Gasteiger partial charge in [-0.25, -0.2) is 0 Å². The number of hydrogen-bond acceptors (Lipinski definition) is 2. The van der Waals surface area contributed by atoms with Crippen molar-refractivity contribution in [2.75, 3.05) is 0 Å². The van der Waals surface area contributed by atoms with Crippen LogP contribution in [0.1, 0.15) is 38.2 Å². The highest BCUT2D eigenvalue weighted by Crippen LogP contribution is 2.02. The number of hydrogen-bond donors (Lipinski definition) is 1. The summed E-state index contributed by atoms with van der Waals surface area (Å²) in [7, 11) is 0. The number of rotatable bonds is 5. The summed E-state index contributed by atoms with van der Waals surface area (Å²) in [6, 6.07) is 9.54. The first-order valence-corrected chi connectivity index (χ1v) is 6.04. The van der Waals surface area contributed by atoms with Crippen molar-refractivity contribution >= 4 is 23.1 Å². The van der Waals surface area contributed by atoms with Crippen LogP contribution in [0.5, 0.6) is 0 Å². The molecule has 0 saturated carbocycles. The lowest BCUT2D eigenvalue weighted by atomic mass is 10.2. The number of benzene rings is 1. The van der Waals surface area contributed by atoms with E-state index in [9.17, 15) is 4.79 Å². The molecule has 86 valence electrons. The molecule has 1 amide bonds. The maximum Gasteiger partial charge on any atom is 0.225 e. The van der Waals surface area contributed by atoms with Crippen molar-refractivity contribution in [3.8, 4) is 0 Å². The Hall–Kier alpha value is -1.22. The SMILES string of the molecule is CCCCCC(=O)NC(=S)c1ccccc1. The highest BCUT2D eigenvalue weighted by Gasteiger charge is 2.05. The molecule has 0 bridgehead atoms. The summed E-state index contributed by atoms with van der Waals surface area (Å²) in [5.74, 6) is 0.0160. The van der Waals surface area contributed by atoms with Crippen LogP contribution in [0.4, 0.5) is 0 Å². The molecule has 3 heteroatoms. The first-order chi connectivity index (χ1) is 7.74. The maximum atomic E-state index is 11.5. The number of unbranched alkanes of at least 4 members (excludes halogenated alkanes) is 2. The van der Waals surface area contributed by atoms with E-state index in [0.29, 0.717) is 11.4 Å². The van der Waals surface area contributed by atoms with Gasteiger partial charge >= 0.3 is 0 Å². The maximum absolute atomic E-state index is 11.5. The number of carbonyl (C=O) groups excluding carboxylic acids is 1. The molecule has 0 unspecified atom stereocenters. The van der Waals surface area contributed by atoms with Crippen LogP contribution in [0.25, 0.3) is 0 Å². The van der Waals surface area contributed by atoms with Crippen molar-refractivity contribution in [1.29, 1.82) is 0 Å². The predicted molar refractivity (Wildman–Crippen MR) is 70.4 cm³/mol. The fraction of sp³-hybridized carbons (Fsp3) is 0.385. The van der Waals surface area contributed by atoms with E-state index >= 15 is 0 Å². The molecule has 0 aliphatic heterocycles. The fourth-order valence-corrected chi connectivity index (χ4v) is 1.64. The summed E-state index contributed by atoms with van der Waals surface area (Å²) in [4.78, 5) is 12.0. The van der Waals surface area contributed by atoms with Crippen LogP contribution in [0.2, 0.25) is 0 Å². The van der Waals surface area contributed by atoms with E-state index in [1.54, 1.807) is 0 Å². The average Bonchev–Trinajstić information content (AvgIpc) is 2.30. The van der Waals surface area contributed by atoms with Gasteiger partial charge in [-0.2, -0.15) is 0 Å². The Morgan fingerprint density at radius 1 is 1.25 bits per heavy atom. The summed E-state index contributed by atoms with van der Waals surface area (Å²) < 4.78 is 0. The number of carbonyl (C=O) groups is 1. The van der Waals surface area contributed by atoms with Crippen LogP contribution < -0.4 is 5.32 Å². The molecule has 0 aliphatic carbocycles. The Kier molecular flexibility index (Phi) is 5.72. The quantitative estimate of drug-likeness (QED) is 0.628. The molecule has 1 N–H and O–H groups in total. The van der Waals surface area contributed by atoms with Crippen LogP contribution in [0.3, 0.4) is 0 Å². The summed E-state index contributed by atoms with van der Waals surface area (Å²) in [5.41, 5.74) is 0.890. The second-order valence-electron chi connectivity index (χ2n) is 3.70. The largest absolute Gasteiger partial charge is 0.317 e. The van der Waals surface area contributed by atoms with Crippen molar-refractivity contribution in [3.63, 3.8) is 0 Å². The first kappa shape index (κ1) is 12.8. The zero-order valence-electron chi connectivity index (χ0n) is 9.53. The second kappa shape index (κ2) is 7.12. The molecular formula is C13H17NOS. The zero-order chi connectivity index (χ0) is 11.8. The predicted octanol–water partition coefficient (Wildman–Crippen LogP) is 3.06. The van der Waals surface area contributed by atoms with Crippen molar-refractivity contribution in [2.24, 2.45) is 0 Å². The minimum atomic E-state index is 0.0160. The van der Waals surface area contributed by atoms with Gasteiger partial charge in [0.05, 0.1) is 0 Å². The zero-order valence-corrected chi connectivity index (χ0v) is 10.3. The first-order valence-electron chi connectivity index (χ1n) is 5.63. The third-order valence-corrected chi connectivity index (χ3v) is 2.63. The van der Waals surface area contributed by atoms with E-state index in [1.165, 1.54) is 0 Å². The molecule has 0 atom stereocenters. The van der Waals surface area contributed by atoms with Crippen molar-refractivity contribution in [2.45, 2.75) is 32.6 Å². The molecule has 2 nitrogen and oxygen atoms in total. The normalized spacial score (nSPS) is 9.81. The molecule has 0 aromatic heterocycles. The Labute approximate surface area is 102 Å². The van der Waals surface area contributed by atoms with Gasteiger partial charge in [0.15, 0.2) is 0 Å². The minimum Gasteiger partial charge on any atom is -0.317 e. The summed E-state index contributed by atoms with van der Waals surface area (Å²) in [5, 5.41) is 2.75. The monoisotopic (exact) mass is 235 g/mol. The van der Waals surface area contributed by atoms with E-state index < -0.39 is 0 Å². The van der Waals surface area contributed by atoms with Gasteiger partial charge in [0, 0.05) is 12.0 Å². The van der Waals surface area contributed by atoms with E-state index in [4.69, 9.17) is 12.2 Å². The smallest absolute Gasteiger partial charge is 0.225 e. The van der Waals surface area contributed by atoms with Gasteiger partial charge in [0.2, 0.25) is 5.91 Å². The molecule has 0 heterocycles. The van der Waals surface area contributed by atoms with Gasteiger partial charge in [-0.15, -0.1) is 0 Å². The molecule has 0 aliphatic rings. The van der Waals surface area contributed by atoms with Gasteiger partial charge in [-0.1, -0.05) is 62.3 Å².